The second-order valence-electron chi connectivity index (χ2n) is 22.0. The highest BCUT2D eigenvalue weighted by Crippen LogP contribution is 2.31. The standard InChI is InChI=1S/C59H90FN11O19/c1-58(2,3)46-38-47(44-6-8-45(60)9-7-44)66-71-41-49(64-55(46)71)57(78)70-13-12-68(43-59(70,4)5)56(77)50-40-69(67-65-50)42-52(73)62-11-15-80-17-19-82-21-23-84-25-27-86-29-31-88-33-35-90-37-36-89-34-32-87-30-28-85-26-24-83-22-20-81-18-16-79-14-10-51(72)63-48(54(61)76)39-53(74)75/h6-9,38,40-41,48H,10-37,39,42-43H2,1-5H3,(H2,61,76)(H,62,73)(H,63,72)(H,74,75)/t48-/m0/s1. The summed E-state index contributed by atoms with van der Waals surface area (Å²) in [4.78, 5) is 82.2. The molecule has 1 aliphatic heterocycles. The number of hydrogen-bond acceptors (Lipinski definition) is 22. The van der Waals surface area contributed by atoms with E-state index in [0.717, 1.165) is 11.1 Å². The molecule has 4 aromatic rings. The van der Waals surface area contributed by atoms with E-state index in [2.05, 4.69) is 20.9 Å². The molecule has 0 aliphatic carbocycles. The molecule has 1 aliphatic rings. The number of imidazole rings is 1. The number of fused-ring (bicyclic) bond motifs is 1. The Morgan fingerprint density at radius 1 is 0.633 bits per heavy atom. The third kappa shape index (κ3) is 28.2. The van der Waals surface area contributed by atoms with Crippen molar-refractivity contribution in [3.05, 3.63) is 65.5 Å². The maximum atomic E-state index is 14.1. The SMILES string of the molecule is CC(C)(C)c1cc(-c2ccc(F)cc2)nn2cc(C(=O)N3CCN(C(=O)c4cn(CC(=O)NCCOCCOCCOCCOCCOCCOCCOCCOCCOCCOCCOCCOCCC(=O)N[C@@H](CC(=O)O)C(N)=O)nn4)CC3(C)C)nc12. The summed E-state index contributed by atoms with van der Waals surface area (Å²) in [5.41, 5.74) is 7.03. The number of carboxylic acid groups (broad SMARTS) is 1. The first-order chi connectivity index (χ1) is 43.3. The van der Waals surface area contributed by atoms with Gasteiger partial charge in [0.05, 0.1) is 189 Å². The number of carboxylic acids is 1. The van der Waals surface area contributed by atoms with Crippen LogP contribution < -0.4 is 16.4 Å². The lowest BCUT2D eigenvalue weighted by Crippen LogP contribution is -2.62. The van der Waals surface area contributed by atoms with Crippen molar-refractivity contribution in [1.29, 1.82) is 0 Å². The smallest absolute Gasteiger partial charge is 0.305 e. The lowest BCUT2D eigenvalue weighted by Gasteiger charge is -2.46. The van der Waals surface area contributed by atoms with Crippen LogP contribution in [0.4, 0.5) is 4.39 Å². The zero-order chi connectivity index (χ0) is 65.0. The zero-order valence-electron chi connectivity index (χ0n) is 52.4. The van der Waals surface area contributed by atoms with Crippen LogP contribution in [0.1, 0.15) is 74.0 Å². The molecule has 0 radical (unpaired) electrons. The quantitative estimate of drug-likeness (QED) is 0.0447. The highest BCUT2D eigenvalue weighted by Gasteiger charge is 2.40. The van der Waals surface area contributed by atoms with Crippen molar-refractivity contribution in [2.75, 3.05) is 185 Å². The number of rotatable bonds is 48. The molecule has 30 nitrogen and oxygen atoms in total. The molecule has 1 aromatic carbocycles. The molecule has 1 saturated heterocycles. The minimum Gasteiger partial charge on any atom is -0.481 e. The predicted molar refractivity (Wildman–Crippen MR) is 319 cm³/mol. The Balaban J connectivity index is 0.745. The minimum absolute atomic E-state index is 0.0555. The summed E-state index contributed by atoms with van der Waals surface area (Å²) >= 11 is 0. The molecular formula is C59H90FN11O19. The minimum atomic E-state index is -1.27. The number of piperazine rings is 1. The normalized spacial score (nSPS) is 13.7. The summed E-state index contributed by atoms with van der Waals surface area (Å²) in [6, 6.07) is 6.74. The van der Waals surface area contributed by atoms with Crippen molar-refractivity contribution in [2.24, 2.45) is 5.73 Å². The number of primary amides is 1. The van der Waals surface area contributed by atoms with Gasteiger partial charge in [-0.1, -0.05) is 26.0 Å². The molecule has 0 spiro atoms. The summed E-state index contributed by atoms with van der Waals surface area (Å²) in [5, 5.41) is 26.6. The molecule has 1 fully saturated rings. The summed E-state index contributed by atoms with van der Waals surface area (Å²) in [5.74, 6) is -4.06. The number of carbonyl (C=O) groups is 6. The highest BCUT2D eigenvalue weighted by molar-refractivity contribution is 5.95. The number of aromatic nitrogens is 6. The van der Waals surface area contributed by atoms with Gasteiger partial charge in [0, 0.05) is 43.7 Å². The molecule has 1 atom stereocenters. The van der Waals surface area contributed by atoms with Gasteiger partial charge in [-0.2, -0.15) is 5.10 Å². The van der Waals surface area contributed by atoms with Gasteiger partial charge in [0.25, 0.3) is 11.8 Å². The van der Waals surface area contributed by atoms with Gasteiger partial charge in [-0.15, -0.1) is 5.10 Å². The molecule has 0 saturated carbocycles. The monoisotopic (exact) mass is 1280 g/mol. The number of nitrogens with one attached hydrogen (secondary N) is 2. The number of benzene rings is 1. The van der Waals surface area contributed by atoms with Gasteiger partial charge in [0.15, 0.2) is 11.3 Å². The molecule has 5 N–H and O–H groups in total. The molecule has 3 aromatic heterocycles. The van der Waals surface area contributed by atoms with E-state index in [0.29, 0.717) is 150 Å². The van der Waals surface area contributed by atoms with Crippen LogP contribution in [-0.4, -0.2) is 276 Å². The Morgan fingerprint density at radius 3 is 1.54 bits per heavy atom. The average Bonchev–Trinajstić information content (AvgIpc) is 1.54. The molecular weight excluding hydrogens is 1190 g/mol. The largest absolute Gasteiger partial charge is 0.481 e. The Morgan fingerprint density at radius 2 is 1.10 bits per heavy atom. The van der Waals surface area contributed by atoms with E-state index in [1.54, 1.807) is 32.6 Å². The molecule has 90 heavy (non-hydrogen) atoms. The molecule has 4 heterocycles. The highest BCUT2D eigenvalue weighted by atomic mass is 19.1. The van der Waals surface area contributed by atoms with Crippen LogP contribution in [0, 0.1) is 5.82 Å². The van der Waals surface area contributed by atoms with Crippen molar-refractivity contribution in [2.45, 2.75) is 71.0 Å². The van der Waals surface area contributed by atoms with Crippen molar-refractivity contribution < 1.29 is 95.1 Å². The average molecular weight is 1280 g/mol. The Kier molecular flexibility index (Phi) is 33.6. The first-order valence-electron chi connectivity index (χ1n) is 30.0. The molecule has 0 bridgehead atoms. The lowest BCUT2D eigenvalue weighted by atomic mass is 9.87. The second-order valence-corrected chi connectivity index (χ2v) is 22.0. The predicted octanol–water partition coefficient (Wildman–Crippen LogP) is 0.951. The summed E-state index contributed by atoms with van der Waals surface area (Å²) < 4.78 is 82.4. The second kappa shape index (κ2) is 40.9. The maximum absolute atomic E-state index is 14.1. The van der Waals surface area contributed by atoms with E-state index in [4.69, 9.17) is 77.8 Å². The number of nitrogens with zero attached hydrogens (tertiary/aromatic N) is 8. The van der Waals surface area contributed by atoms with E-state index < -0.39 is 35.8 Å². The fourth-order valence-corrected chi connectivity index (χ4v) is 8.69. The van der Waals surface area contributed by atoms with Gasteiger partial charge in [-0.05, 0) is 49.6 Å². The number of amides is 5. The van der Waals surface area contributed by atoms with Crippen LogP contribution in [0.3, 0.4) is 0 Å². The Bertz CT molecular complexity index is 2780. The summed E-state index contributed by atoms with van der Waals surface area (Å²) in [6.07, 6.45) is 2.40. The van der Waals surface area contributed by atoms with Crippen LogP contribution in [0.5, 0.6) is 0 Å². The van der Waals surface area contributed by atoms with Crippen molar-refractivity contribution in [3.8, 4) is 11.3 Å². The van der Waals surface area contributed by atoms with E-state index in [1.165, 1.54) is 23.0 Å². The number of nitrogens with two attached hydrogens (primary N) is 1. The number of hydrogen-bond donors (Lipinski definition) is 4. The Hall–Kier alpha value is -6.75. The topological polar surface area (TPSA) is 351 Å². The van der Waals surface area contributed by atoms with Crippen molar-refractivity contribution in [1.82, 2.24) is 50.0 Å². The maximum Gasteiger partial charge on any atom is 0.305 e. The van der Waals surface area contributed by atoms with Gasteiger partial charge >= 0.3 is 5.97 Å². The Labute approximate surface area is 523 Å². The van der Waals surface area contributed by atoms with Crippen molar-refractivity contribution >= 4 is 41.2 Å². The number of carbonyl (C=O) groups excluding carboxylic acids is 5. The summed E-state index contributed by atoms with van der Waals surface area (Å²) in [7, 11) is 0. The van der Waals surface area contributed by atoms with E-state index >= 15 is 0 Å². The molecule has 31 heteroatoms. The van der Waals surface area contributed by atoms with E-state index in [1.807, 2.05) is 40.7 Å². The number of halogens is 1. The van der Waals surface area contributed by atoms with Crippen LogP contribution in [0.15, 0.2) is 42.7 Å². The molecule has 0 unspecified atom stereocenters. The van der Waals surface area contributed by atoms with Crippen LogP contribution in [0.25, 0.3) is 16.9 Å². The molecule has 5 amide bonds. The number of aliphatic carboxylic acids is 1. The fourth-order valence-electron chi connectivity index (χ4n) is 8.69. The first-order valence-corrected chi connectivity index (χ1v) is 30.0. The van der Waals surface area contributed by atoms with Gasteiger partial charge in [0.2, 0.25) is 17.7 Å². The third-order valence-corrected chi connectivity index (χ3v) is 13.3. The lowest BCUT2D eigenvalue weighted by molar-refractivity contribution is -0.140. The van der Waals surface area contributed by atoms with Crippen LogP contribution >= 0.6 is 0 Å². The van der Waals surface area contributed by atoms with Gasteiger partial charge in [0.1, 0.15) is 24.1 Å². The summed E-state index contributed by atoms with van der Waals surface area (Å²) in [6.45, 7) is 19.8. The van der Waals surface area contributed by atoms with E-state index in [-0.39, 0.29) is 99.3 Å². The van der Waals surface area contributed by atoms with Gasteiger partial charge < -0.3 is 88.1 Å². The zero-order valence-corrected chi connectivity index (χ0v) is 52.4. The van der Waals surface area contributed by atoms with Crippen LogP contribution in [0.2, 0.25) is 0 Å². The molecule has 502 valence electrons. The third-order valence-electron chi connectivity index (χ3n) is 13.3. The molecule has 5 rings (SSSR count). The van der Waals surface area contributed by atoms with Crippen molar-refractivity contribution in [3.63, 3.8) is 0 Å². The van der Waals surface area contributed by atoms with Gasteiger partial charge in [-0.3, -0.25) is 28.8 Å². The number of ether oxygens (including phenoxy) is 12. The fraction of sp³-hybridized carbons (Fsp3) is 0.661. The van der Waals surface area contributed by atoms with Crippen LogP contribution in [-0.2, 0) is 88.0 Å². The van der Waals surface area contributed by atoms with E-state index in [9.17, 15) is 33.2 Å². The van der Waals surface area contributed by atoms with Gasteiger partial charge in [-0.25, -0.2) is 18.6 Å². The first kappa shape index (κ1) is 74.0.